The van der Waals surface area contributed by atoms with E-state index < -0.39 is 39.6 Å². The zero-order valence-corrected chi connectivity index (χ0v) is 22.4. The number of carbonyl (C=O) groups excluding carboxylic acids is 1. The second kappa shape index (κ2) is 11.3. The first-order chi connectivity index (χ1) is 18.4. The van der Waals surface area contributed by atoms with E-state index in [1.54, 1.807) is 0 Å². The number of carbonyl (C=O) groups is 1. The van der Waals surface area contributed by atoms with Gasteiger partial charge in [-0.2, -0.15) is 13.2 Å². The number of sulfonamides is 1. The predicted molar refractivity (Wildman–Crippen MR) is 138 cm³/mol. The number of methoxy groups -OCH3 is 1. The highest BCUT2D eigenvalue weighted by atomic mass is 35.5. The van der Waals surface area contributed by atoms with E-state index in [0.29, 0.717) is 30.8 Å². The quantitative estimate of drug-likeness (QED) is 0.333. The molecule has 0 amide bonds. The van der Waals surface area contributed by atoms with Crippen molar-refractivity contribution in [3.63, 3.8) is 0 Å². The average molecular weight is 585 g/mol. The van der Waals surface area contributed by atoms with Crippen molar-refractivity contribution >= 4 is 33.3 Å². The van der Waals surface area contributed by atoms with Crippen LogP contribution in [-0.4, -0.2) is 52.6 Å². The second-order valence-electron chi connectivity index (χ2n) is 8.82. The summed E-state index contributed by atoms with van der Waals surface area (Å²) in [5, 5.41) is -0.0308. The van der Waals surface area contributed by atoms with Gasteiger partial charge in [0.1, 0.15) is 23.4 Å². The van der Waals surface area contributed by atoms with Gasteiger partial charge in [0.15, 0.2) is 0 Å². The van der Waals surface area contributed by atoms with Gasteiger partial charge in [-0.25, -0.2) is 13.2 Å². The zero-order valence-electron chi connectivity index (χ0n) is 20.8. The molecule has 1 aliphatic heterocycles. The molecule has 1 fully saturated rings. The molecular weight excluding hydrogens is 561 g/mol. The SMILES string of the molecule is COC(=O)c1ccc(Oc2ccc(S(=O)(=O)Nc3ccc(C(F)(F)F)c(O[C@@H]4CCN(C)C4)c3)cc2Cl)cc1. The Morgan fingerprint density at radius 1 is 1.05 bits per heavy atom. The van der Waals surface area contributed by atoms with Crippen LogP contribution in [0.3, 0.4) is 0 Å². The summed E-state index contributed by atoms with van der Waals surface area (Å²) in [6.45, 7) is 1.13. The van der Waals surface area contributed by atoms with Gasteiger partial charge >= 0.3 is 12.1 Å². The van der Waals surface area contributed by atoms with Crippen LogP contribution in [0.25, 0.3) is 0 Å². The molecule has 8 nitrogen and oxygen atoms in total. The summed E-state index contributed by atoms with van der Waals surface area (Å²) in [6.07, 6.45) is -4.59. The maximum Gasteiger partial charge on any atom is 0.419 e. The van der Waals surface area contributed by atoms with Crippen molar-refractivity contribution in [3.8, 4) is 17.2 Å². The summed E-state index contributed by atoms with van der Waals surface area (Å²) in [5.74, 6) is -0.486. The molecule has 1 saturated heterocycles. The Kier molecular flexibility index (Phi) is 8.28. The number of likely N-dealkylation sites (tertiary alicyclic amines) is 1. The minimum Gasteiger partial charge on any atom is -0.488 e. The van der Waals surface area contributed by atoms with Gasteiger partial charge < -0.3 is 19.1 Å². The molecule has 3 aromatic rings. The Hall–Kier alpha value is -3.48. The highest BCUT2D eigenvalue weighted by Crippen LogP contribution is 2.39. The number of nitrogens with zero attached hydrogens (tertiary/aromatic N) is 1. The Balaban J connectivity index is 1.52. The van der Waals surface area contributed by atoms with E-state index in [9.17, 15) is 26.4 Å². The second-order valence-corrected chi connectivity index (χ2v) is 10.9. The van der Waals surface area contributed by atoms with Crippen molar-refractivity contribution in [1.29, 1.82) is 0 Å². The lowest BCUT2D eigenvalue weighted by Gasteiger charge is -2.19. The molecule has 208 valence electrons. The summed E-state index contributed by atoms with van der Waals surface area (Å²) in [7, 11) is -1.14. The maximum atomic E-state index is 13.6. The standard InChI is InChI=1S/C26H24ClF3N2O6S/c1-32-12-11-19(15-32)38-24-13-17(5-9-21(24)26(28,29)30)31-39(34,35)20-8-10-23(22(27)14-20)37-18-6-3-16(4-7-18)25(33)36-2/h3-10,13-14,19,31H,11-12,15H2,1-2H3/t19-/m1/s1. The number of esters is 1. The largest absolute Gasteiger partial charge is 0.488 e. The van der Waals surface area contributed by atoms with Crippen LogP contribution in [0.2, 0.25) is 5.02 Å². The Morgan fingerprint density at radius 2 is 1.77 bits per heavy atom. The molecule has 0 unspecified atom stereocenters. The summed E-state index contributed by atoms with van der Waals surface area (Å²) in [6, 6.07) is 12.6. The van der Waals surface area contributed by atoms with Crippen LogP contribution in [-0.2, 0) is 20.9 Å². The maximum absolute atomic E-state index is 13.6. The van der Waals surface area contributed by atoms with Gasteiger partial charge in [0.05, 0.1) is 33.8 Å². The molecule has 1 aliphatic rings. The number of ether oxygens (including phenoxy) is 3. The van der Waals surface area contributed by atoms with E-state index in [-0.39, 0.29) is 21.4 Å². The van der Waals surface area contributed by atoms with Gasteiger partial charge in [0, 0.05) is 19.2 Å². The monoisotopic (exact) mass is 584 g/mol. The molecule has 39 heavy (non-hydrogen) atoms. The summed E-state index contributed by atoms with van der Waals surface area (Å²) >= 11 is 6.26. The third-order valence-corrected chi connectivity index (χ3v) is 7.57. The van der Waals surface area contributed by atoms with E-state index in [1.807, 2.05) is 11.9 Å². The molecule has 0 radical (unpaired) electrons. The number of hydrogen-bond donors (Lipinski definition) is 1. The number of alkyl halides is 3. The molecule has 0 saturated carbocycles. The number of nitrogens with one attached hydrogen (secondary N) is 1. The Bertz CT molecular complexity index is 1470. The molecule has 3 aromatic carbocycles. The number of likely N-dealkylation sites (N-methyl/N-ethyl adjacent to an activating group) is 1. The van der Waals surface area contributed by atoms with E-state index in [1.165, 1.54) is 43.5 Å². The molecule has 13 heteroatoms. The average Bonchev–Trinajstić information content (AvgIpc) is 3.28. The first kappa shape index (κ1) is 28.5. The highest BCUT2D eigenvalue weighted by molar-refractivity contribution is 7.92. The van der Waals surface area contributed by atoms with Crippen LogP contribution in [0.5, 0.6) is 17.2 Å². The zero-order chi connectivity index (χ0) is 28.4. The van der Waals surface area contributed by atoms with Crippen molar-refractivity contribution in [3.05, 3.63) is 76.8 Å². The van der Waals surface area contributed by atoms with Gasteiger partial charge in [-0.05, 0) is 68.1 Å². The van der Waals surface area contributed by atoms with Gasteiger partial charge in [0.25, 0.3) is 10.0 Å². The number of rotatable bonds is 8. The van der Waals surface area contributed by atoms with E-state index in [4.69, 9.17) is 21.1 Å². The molecule has 0 bridgehead atoms. The van der Waals surface area contributed by atoms with Crippen LogP contribution in [0.1, 0.15) is 22.3 Å². The summed E-state index contributed by atoms with van der Waals surface area (Å²) in [4.78, 5) is 13.3. The van der Waals surface area contributed by atoms with Crippen molar-refractivity contribution in [2.45, 2.75) is 23.6 Å². The van der Waals surface area contributed by atoms with Crippen LogP contribution < -0.4 is 14.2 Å². The van der Waals surface area contributed by atoms with Gasteiger partial charge in [-0.3, -0.25) is 4.72 Å². The molecule has 0 aliphatic carbocycles. The lowest BCUT2D eigenvalue weighted by Crippen LogP contribution is -2.23. The van der Waals surface area contributed by atoms with Gasteiger partial charge in [-0.1, -0.05) is 11.6 Å². The highest BCUT2D eigenvalue weighted by Gasteiger charge is 2.36. The topological polar surface area (TPSA) is 94.2 Å². The van der Waals surface area contributed by atoms with Crippen molar-refractivity contribution in [2.75, 3.05) is 32.0 Å². The predicted octanol–water partition coefficient (Wildman–Crippen LogP) is 5.82. The van der Waals surface area contributed by atoms with Gasteiger partial charge in [0.2, 0.25) is 0 Å². The molecule has 0 spiro atoms. The third-order valence-electron chi connectivity index (χ3n) is 5.90. The summed E-state index contributed by atoms with van der Waals surface area (Å²) in [5.41, 5.74) is -0.786. The summed E-state index contributed by atoms with van der Waals surface area (Å²) < 4.78 is 84.9. The van der Waals surface area contributed by atoms with Crippen molar-refractivity contribution in [2.24, 2.45) is 0 Å². The molecule has 0 aromatic heterocycles. The molecule has 1 N–H and O–H groups in total. The third kappa shape index (κ3) is 6.94. The fraction of sp³-hybridized carbons (Fsp3) is 0.269. The van der Waals surface area contributed by atoms with Crippen LogP contribution in [0.4, 0.5) is 18.9 Å². The smallest absolute Gasteiger partial charge is 0.419 e. The van der Waals surface area contributed by atoms with Crippen molar-refractivity contribution < 1.29 is 40.6 Å². The normalized spacial score (nSPS) is 16.1. The van der Waals surface area contributed by atoms with Crippen molar-refractivity contribution in [1.82, 2.24) is 4.90 Å². The van der Waals surface area contributed by atoms with Crippen LogP contribution >= 0.6 is 11.6 Å². The van der Waals surface area contributed by atoms with E-state index >= 15 is 0 Å². The lowest BCUT2D eigenvalue weighted by molar-refractivity contribution is -0.139. The Labute approximate surface area is 228 Å². The van der Waals surface area contributed by atoms with Gasteiger partial charge in [-0.15, -0.1) is 0 Å². The molecular formula is C26H24ClF3N2O6S. The molecule has 4 rings (SSSR count). The lowest BCUT2D eigenvalue weighted by atomic mass is 10.1. The fourth-order valence-electron chi connectivity index (χ4n) is 3.94. The van der Waals surface area contributed by atoms with E-state index in [0.717, 1.165) is 24.3 Å². The first-order valence-electron chi connectivity index (χ1n) is 11.6. The number of benzene rings is 3. The first-order valence-corrected chi connectivity index (χ1v) is 13.5. The molecule has 1 atom stereocenters. The Morgan fingerprint density at radius 3 is 2.36 bits per heavy atom. The number of hydrogen-bond acceptors (Lipinski definition) is 7. The van der Waals surface area contributed by atoms with Crippen LogP contribution in [0.15, 0.2) is 65.6 Å². The van der Waals surface area contributed by atoms with Crippen LogP contribution in [0, 0.1) is 0 Å². The fourth-order valence-corrected chi connectivity index (χ4v) is 5.30. The minimum atomic E-state index is -4.68. The van der Waals surface area contributed by atoms with E-state index in [2.05, 4.69) is 9.46 Å². The minimum absolute atomic E-state index is 0.0308. The number of halogens is 4. The molecule has 1 heterocycles. The number of anilines is 1.